The van der Waals surface area contributed by atoms with E-state index < -0.39 is 0 Å². The molecule has 0 saturated heterocycles. The largest absolute Gasteiger partial charge is 0.394 e. The molecule has 0 fully saturated rings. The molecule has 5 rings (SSSR count). The van der Waals surface area contributed by atoms with Crippen molar-refractivity contribution < 1.29 is 5.11 Å². The molecule has 0 radical (unpaired) electrons. The van der Waals surface area contributed by atoms with Crippen LogP contribution in [0.15, 0.2) is 77.9 Å². The summed E-state index contributed by atoms with van der Waals surface area (Å²) in [6.07, 6.45) is 3.80. The molecule has 8 nitrogen and oxygen atoms in total. The van der Waals surface area contributed by atoms with E-state index in [1.807, 2.05) is 60.7 Å². The number of hydrogen-bond donors (Lipinski definition) is 3. The third kappa shape index (κ3) is 3.53. The predicted octanol–water partition coefficient (Wildman–Crippen LogP) is 2.67. The highest BCUT2D eigenvalue weighted by Gasteiger charge is 2.17. The van der Waals surface area contributed by atoms with Gasteiger partial charge in [-0.05, 0) is 24.1 Å². The number of benzene rings is 2. The number of anilines is 1. The monoisotopic (exact) mass is 412 g/mol. The van der Waals surface area contributed by atoms with Crippen molar-refractivity contribution in [2.75, 3.05) is 11.9 Å². The maximum Gasteiger partial charge on any atom is 0.267 e. The van der Waals surface area contributed by atoms with E-state index in [-0.39, 0.29) is 18.2 Å². The van der Waals surface area contributed by atoms with Crippen molar-refractivity contribution >= 4 is 27.9 Å². The highest BCUT2D eigenvalue weighted by Crippen LogP contribution is 2.22. The number of hydrogen-bond acceptors (Lipinski definition) is 6. The molecule has 0 aliphatic rings. The van der Waals surface area contributed by atoms with E-state index in [0.717, 1.165) is 5.56 Å². The number of nitrogens with one attached hydrogen (secondary N) is 2. The average molecular weight is 412 g/mol. The molecule has 0 spiro atoms. The van der Waals surface area contributed by atoms with E-state index in [1.165, 1.54) is 6.20 Å². The van der Waals surface area contributed by atoms with Gasteiger partial charge in [0.1, 0.15) is 0 Å². The molecule has 0 aliphatic heterocycles. The van der Waals surface area contributed by atoms with E-state index in [1.54, 1.807) is 10.8 Å². The molecule has 154 valence electrons. The lowest BCUT2D eigenvalue weighted by Crippen LogP contribution is -2.28. The molecule has 0 aliphatic carbocycles. The smallest absolute Gasteiger partial charge is 0.267 e. The Labute approximate surface area is 177 Å². The predicted molar refractivity (Wildman–Crippen MR) is 119 cm³/mol. The lowest BCUT2D eigenvalue weighted by molar-refractivity contribution is 0.273. The Kier molecular flexibility index (Phi) is 4.89. The number of fused-ring (bicyclic) bond motifs is 3. The van der Waals surface area contributed by atoms with Crippen LogP contribution < -0.4 is 10.9 Å². The van der Waals surface area contributed by atoms with Gasteiger partial charge in [0, 0.05) is 6.20 Å². The molecule has 2 aromatic carbocycles. The maximum atomic E-state index is 13.2. The van der Waals surface area contributed by atoms with Gasteiger partial charge in [0.25, 0.3) is 5.56 Å². The highest BCUT2D eigenvalue weighted by atomic mass is 16.3. The topological polar surface area (TPSA) is 109 Å². The molecule has 3 heterocycles. The Morgan fingerprint density at radius 3 is 2.48 bits per heavy atom. The van der Waals surface area contributed by atoms with Gasteiger partial charge in [0.2, 0.25) is 5.95 Å². The number of nitrogens with zero attached hydrogens (tertiary/aromatic N) is 4. The minimum atomic E-state index is -0.271. The average Bonchev–Trinajstić information content (AvgIpc) is 3.31. The fourth-order valence-corrected chi connectivity index (χ4v) is 3.72. The SMILES string of the molecule is O=c1c2cn[nH]c2c2cnc(NC(CO)Cc3ccccc3)nc2n1-c1ccccc1. The number of aromatic amines is 1. The molecule has 31 heavy (non-hydrogen) atoms. The summed E-state index contributed by atoms with van der Waals surface area (Å²) in [6.45, 7) is -0.0820. The van der Waals surface area contributed by atoms with Crippen LogP contribution >= 0.6 is 0 Å². The van der Waals surface area contributed by atoms with Gasteiger partial charge in [-0.1, -0.05) is 48.5 Å². The Morgan fingerprint density at radius 1 is 1.00 bits per heavy atom. The Morgan fingerprint density at radius 2 is 1.74 bits per heavy atom. The molecule has 5 aromatic rings. The summed E-state index contributed by atoms with van der Waals surface area (Å²) in [6, 6.07) is 19.0. The molecule has 8 heteroatoms. The van der Waals surface area contributed by atoms with Crippen LogP contribution in [0.2, 0.25) is 0 Å². The summed E-state index contributed by atoms with van der Waals surface area (Å²) in [4.78, 5) is 22.3. The maximum absolute atomic E-state index is 13.2. The summed E-state index contributed by atoms with van der Waals surface area (Å²) >= 11 is 0. The normalized spacial score (nSPS) is 12.3. The van der Waals surface area contributed by atoms with Crippen molar-refractivity contribution in [3.8, 4) is 5.69 Å². The molecule has 0 bridgehead atoms. The zero-order valence-corrected chi connectivity index (χ0v) is 16.6. The third-order valence-electron chi connectivity index (χ3n) is 5.22. The number of para-hydroxylation sites is 1. The van der Waals surface area contributed by atoms with Crippen molar-refractivity contribution in [1.29, 1.82) is 0 Å². The summed E-state index contributed by atoms with van der Waals surface area (Å²) in [7, 11) is 0. The third-order valence-corrected chi connectivity index (χ3v) is 5.22. The number of H-pyrrole nitrogens is 1. The van der Waals surface area contributed by atoms with Gasteiger partial charge < -0.3 is 10.4 Å². The fraction of sp³-hybridized carbons (Fsp3) is 0.130. The number of pyridine rings is 1. The van der Waals surface area contributed by atoms with E-state index >= 15 is 0 Å². The van der Waals surface area contributed by atoms with Gasteiger partial charge in [-0.25, -0.2) is 4.98 Å². The second kappa shape index (κ2) is 8.00. The number of rotatable bonds is 6. The van der Waals surface area contributed by atoms with Gasteiger partial charge in [-0.15, -0.1) is 0 Å². The van der Waals surface area contributed by atoms with Crippen molar-refractivity contribution in [3.63, 3.8) is 0 Å². The van der Waals surface area contributed by atoms with Crippen molar-refractivity contribution in [3.05, 3.63) is 89.0 Å². The molecule has 0 saturated carbocycles. The van der Waals surface area contributed by atoms with Crippen LogP contribution in [0.3, 0.4) is 0 Å². The fourth-order valence-electron chi connectivity index (χ4n) is 3.72. The number of aliphatic hydroxyl groups excluding tert-OH is 1. The summed E-state index contributed by atoms with van der Waals surface area (Å²) in [5, 5.41) is 21.1. The Bertz CT molecular complexity index is 1400. The standard InChI is InChI=1S/C23H20N6O2/c30-14-16(11-15-7-3-1-4-8-15)26-23-24-12-18-20-19(13-25-28-20)22(31)29(21(18)27-23)17-9-5-2-6-10-17/h1-10,12-13,16,30H,11,14H2,(H,25,28)(H,24,26,27). The first-order valence-corrected chi connectivity index (χ1v) is 9.96. The minimum Gasteiger partial charge on any atom is -0.394 e. The molecule has 1 unspecified atom stereocenters. The highest BCUT2D eigenvalue weighted by molar-refractivity contribution is 6.02. The molecular weight excluding hydrogens is 392 g/mol. The minimum absolute atomic E-state index is 0.0820. The summed E-state index contributed by atoms with van der Waals surface area (Å²) < 4.78 is 1.56. The van der Waals surface area contributed by atoms with E-state index in [2.05, 4.69) is 25.5 Å². The zero-order chi connectivity index (χ0) is 21.2. The van der Waals surface area contributed by atoms with Crippen LogP contribution in [0, 0.1) is 0 Å². The second-order valence-electron chi connectivity index (χ2n) is 7.28. The van der Waals surface area contributed by atoms with Crippen molar-refractivity contribution in [2.24, 2.45) is 0 Å². The van der Waals surface area contributed by atoms with Gasteiger partial charge in [-0.2, -0.15) is 10.1 Å². The van der Waals surface area contributed by atoms with Gasteiger partial charge in [-0.3, -0.25) is 14.5 Å². The quantitative estimate of drug-likeness (QED) is 0.396. The van der Waals surface area contributed by atoms with Crippen molar-refractivity contribution in [2.45, 2.75) is 12.5 Å². The Hall–Kier alpha value is -4.04. The van der Waals surface area contributed by atoms with Crippen LogP contribution in [0.25, 0.3) is 27.6 Å². The van der Waals surface area contributed by atoms with E-state index in [0.29, 0.717) is 40.0 Å². The molecule has 3 N–H and O–H groups in total. The van der Waals surface area contributed by atoms with E-state index in [4.69, 9.17) is 0 Å². The van der Waals surface area contributed by atoms with Gasteiger partial charge in [0.05, 0.1) is 40.8 Å². The molecule has 1 atom stereocenters. The first-order valence-electron chi connectivity index (χ1n) is 9.96. The van der Waals surface area contributed by atoms with Crippen LogP contribution in [0.4, 0.5) is 5.95 Å². The lowest BCUT2D eigenvalue weighted by Gasteiger charge is -2.17. The molecule has 0 amide bonds. The lowest BCUT2D eigenvalue weighted by atomic mass is 10.1. The first kappa shape index (κ1) is 19.0. The van der Waals surface area contributed by atoms with Crippen LogP contribution in [0.5, 0.6) is 0 Å². The molecular formula is C23H20N6O2. The first-order chi connectivity index (χ1) is 15.2. The van der Waals surface area contributed by atoms with Crippen LogP contribution in [-0.4, -0.2) is 42.5 Å². The summed E-state index contributed by atoms with van der Waals surface area (Å²) in [5.41, 5.74) is 2.64. The summed E-state index contributed by atoms with van der Waals surface area (Å²) in [5.74, 6) is 0.338. The zero-order valence-electron chi connectivity index (χ0n) is 16.6. The van der Waals surface area contributed by atoms with E-state index in [9.17, 15) is 9.90 Å². The van der Waals surface area contributed by atoms with Gasteiger partial charge in [0.15, 0.2) is 5.65 Å². The van der Waals surface area contributed by atoms with Gasteiger partial charge >= 0.3 is 0 Å². The second-order valence-corrected chi connectivity index (χ2v) is 7.28. The van der Waals surface area contributed by atoms with Crippen LogP contribution in [-0.2, 0) is 6.42 Å². The number of aromatic nitrogens is 5. The molecule has 3 aromatic heterocycles. The van der Waals surface area contributed by atoms with Crippen LogP contribution in [0.1, 0.15) is 5.56 Å². The van der Waals surface area contributed by atoms with Crippen molar-refractivity contribution in [1.82, 2.24) is 24.7 Å². The number of aliphatic hydroxyl groups is 1. The Balaban J connectivity index is 1.61.